The van der Waals surface area contributed by atoms with Gasteiger partial charge in [-0.1, -0.05) is 0 Å². The Morgan fingerprint density at radius 1 is 1.17 bits per heavy atom. The smallest absolute Gasteiger partial charge is 0.156 e. The summed E-state index contributed by atoms with van der Waals surface area (Å²) >= 11 is 0. The molecule has 5 heterocycles. The lowest BCUT2D eigenvalue weighted by atomic mass is 9.97. The molecule has 1 unspecified atom stereocenters. The maximum absolute atomic E-state index is 8.95. The Bertz CT molecular complexity index is 1070. The Hall–Kier alpha value is -3.25. The van der Waals surface area contributed by atoms with Crippen molar-refractivity contribution in [1.29, 1.82) is 5.26 Å². The third-order valence-corrected chi connectivity index (χ3v) is 6.13. The highest BCUT2D eigenvalue weighted by Crippen LogP contribution is 2.37. The molecule has 2 saturated heterocycles. The van der Waals surface area contributed by atoms with Gasteiger partial charge in [0, 0.05) is 61.3 Å². The second-order valence-electron chi connectivity index (χ2n) is 8.18. The molecule has 9 heteroatoms. The minimum absolute atomic E-state index is 0.335. The average Bonchev–Trinajstić information content (AvgIpc) is 3.25. The van der Waals surface area contributed by atoms with Crippen LogP contribution < -0.4 is 10.6 Å². The van der Waals surface area contributed by atoms with Crippen LogP contribution in [0.3, 0.4) is 0 Å². The summed E-state index contributed by atoms with van der Waals surface area (Å²) in [7, 11) is 0. The Morgan fingerprint density at radius 2 is 1.97 bits per heavy atom. The van der Waals surface area contributed by atoms with Gasteiger partial charge in [-0.05, 0) is 32.6 Å². The van der Waals surface area contributed by atoms with Crippen molar-refractivity contribution in [2.75, 3.05) is 17.2 Å². The SMILES string of the molecule is Cc1cc(Nc2cc3nccnc3c(NC3C[C@H]4CC[C@@H](C3)N4CCC#N)n2)n[nH]1. The fourth-order valence-corrected chi connectivity index (χ4v) is 4.88. The van der Waals surface area contributed by atoms with Gasteiger partial charge >= 0.3 is 0 Å². The van der Waals surface area contributed by atoms with Crippen molar-refractivity contribution in [3.05, 3.63) is 30.2 Å². The lowest BCUT2D eigenvalue weighted by molar-refractivity contribution is 0.136. The molecule has 0 aliphatic carbocycles. The van der Waals surface area contributed by atoms with E-state index < -0.39 is 0 Å². The van der Waals surface area contributed by atoms with Gasteiger partial charge in [-0.2, -0.15) is 10.4 Å². The average molecular weight is 403 g/mol. The van der Waals surface area contributed by atoms with E-state index in [1.807, 2.05) is 19.1 Å². The molecule has 3 aromatic rings. The summed E-state index contributed by atoms with van der Waals surface area (Å²) in [6.07, 6.45) is 8.54. The van der Waals surface area contributed by atoms with Crippen molar-refractivity contribution >= 4 is 28.5 Å². The summed E-state index contributed by atoms with van der Waals surface area (Å²) in [5, 5.41) is 23.0. The van der Waals surface area contributed by atoms with Gasteiger partial charge in [0.1, 0.15) is 11.3 Å². The van der Waals surface area contributed by atoms with Crippen molar-refractivity contribution in [1.82, 2.24) is 30.0 Å². The molecule has 2 fully saturated rings. The summed E-state index contributed by atoms with van der Waals surface area (Å²) in [6, 6.07) is 7.53. The van der Waals surface area contributed by atoms with Crippen LogP contribution in [0.15, 0.2) is 24.5 Å². The van der Waals surface area contributed by atoms with Gasteiger partial charge in [0.05, 0.1) is 11.6 Å². The largest absolute Gasteiger partial charge is 0.365 e. The van der Waals surface area contributed by atoms with E-state index in [0.29, 0.717) is 30.4 Å². The Balaban J connectivity index is 1.38. The van der Waals surface area contributed by atoms with Gasteiger partial charge in [-0.3, -0.25) is 15.0 Å². The molecule has 0 saturated carbocycles. The van der Waals surface area contributed by atoms with Crippen LogP contribution in [-0.2, 0) is 0 Å². The van der Waals surface area contributed by atoms with Gasteiger partial charge in [0.25, 0.3) is 0 Å². The minimum atomic E-state index is 0.335. The van der Waals surface area contributed by atoms with E-state index in [-0.39, 0.29) is 0 Å². The molecule has 3 aromatic heterocycles. The van der Waals surface area contributed by atoms with Crippen LogP contribution in [0.25, 0.3) is 11.0 Å². The predicted molar refractivity (Wildman–Crippen MR) is 114 cm³/mol. The minimum Gasteiger partial charge on any atom is -0.365 e. The molecule has 0 aromatic carbocycles. The Morgan fingerprint density at radius 3 is 2.70 bits per heavy atom. The Kier molecular flexibility index (Phi) is 4.93. The van der Waals surface area contributed by atoms with E-state index in [1.165, 1.54) is 12.8 Å². The number of nitriles is 1. The van der Waals surface area contributed by atoms with Crippen LogP contribution >= 0.6 is 0 Å². The standard InChI is InChI=1S/C21H25N9/c1-13-9-19(29-28-13)26-18-12-17-20(24-7-6-23-17)21(27-18)25-14-10-15-3-4-16(11-14)30(15)8-2-5-22/h6-7,9,12,14-16H,2-4,8,10-11H2,1H3,(H3,25,26,27,28,29)/t14?,15-,16+. The molecule has 0 spiro atoms. The van der Waals surface area contributed by atoms with E-state index in [9.17, 15) is 0 Å². The molecule has 154 valence electrons. The number of aromatic amines is 1. The highest BCUT2D eigenvalue weighted by Gasteiger charge is 2.40. The van der Waals surface area contributed by atoms with Crippen molar-refractivity contribution in [3.8, 4) is 6.07 Å². The Labute approximate surface area is 174 Å². The van der Waals surface area contributed by atoms with Crippen LogP contribution in [0, 0.1) is 18.3 Å². The van der Waals surface area contributed by atoms with Gasteiger partial charge in [0.15, 0.2) is 11.6 Å². The van der Waals surface area contributed by atoms with Gasteiger partial charge in [-0.15, -0.1) is 0 Å². The van der Waals surface area contributed by atoms with E-state index >= 15 is 0 Å². The maximum atomic E-state index is 8.95. The lowest BCUT2D eigenvalue weighted by Gasteiger charge is -2.39. The summed E-state index contributed by atoms with van der Waals surface area (Å²) in [6.45, 7) is 2.84. The first-order valence-electron chi connectivity index (χ1n) is 10.5. The number of piperidine rings is 1. The number of pyridine rings is 1. The van der Waals surface area contributed by atoms with Gasteiger partial charge in [-0.25, -0.2) is 9.97 Å². The molecule has 2 aliphatic rings. The number of rotatable bonds is 6. The number of nitrogens with zero attached hydrogens (tertiary/aromatic N) is 6. The number of hydrogen-bond donors (Lipinski definition) is 3. The fourth-order valence-electron chi connectivity index (χ4n) is 4.88. The van der Waals surface area contributed by atoms with Crippen molar-refractivity contribution in [3.63, 3.8) is 0 Å². The first-order chi connectivity index (χ1) is 14.7. The summed E-state index contributed by atoms with van der Waals surface area (Å²) in [5.41, 5.74) is 2.55. The third-order valence-electron chi connectivity index (χ3n) is 6.13. The first kappa shape index (κ1) is 18.8. The number of H-pyrrole nitrogens is 1. The van der Waals surface area contributed by atoms with Crippen LogP contribution in [0.5, 0.6) is 0 Å². The fraction of sp³-hybridized carbons (Fsp3) is 0.476. The number of hydrogen-bond acceptors (Lipinski definition) is 8. The normalized spacial score (nSPS) is 23.4. The number of nitrogens with one attached hydrogen (secondary N) is 3. The van der Waals surface area contributed by atoms with E-state index in [1.54, 1.807) is 12.4 Å². The van der Waals surface area contributed by atoms with E-state index in [4.69, 9.17) is 10.2 Å². The summed E-state index contributed by atoms with van der Waals surface area (Å²) < 4.78 is 0. The van der Waals surface area contributed by atoms with Crippen LogP contribution in [-0.4, -0.2) is 54.7 Å². The summed E-state index contributed by atoms with van der Waals surface area (Å²) in [4.78, 5) is 16.3. The molecule has 0 radical (unpaired) electrons. The van der Waals surface area contributed by atoms with Gasteiger partial charge < -0.3 is 10.6 Å². The zero-order chi connectivity index (χ0) is 20.5. The molecule has 2 aliphatic heterocycles. The van der Waals surface area contributed by atoms with Crippen molar-refractivity contribution < 1.29 is 0 Å². The number of aryl methyl sites for hydroxylation is 1. The van der Waals surface area contributed by atoms with Gasteiger partial charge in [0.2, 0.25) is 0 Å². The van der Waals surface area contributed by atoms with Crippen LogP contribution in [0.2, 0.25) is 0 Å². The number of anilines is 3. The molecule has 0 amide bonds. The molecule has 9 nitrogen and oxygen atoms in total. The second kappa shape index (κ2) is 7.88. The van der Waals surface area contributed by atoms with Crippen molar-refractivity contribution in [2.45, 2.75) is 57.2 Å². The second-order valence-corrected chi connectivity index (χ2v) is 8.18. The molecule has 30 heavy (non-hydrogen) atoms. The molecular weight excluding hydrogens is 378 g/mol. The van der Waals surface area contributed by atoms with Crippen molar-refractivity contribution in [2.24, 2.45) is 0 Å². The predicted octanol–water partition coefficient (Wildman–Crippen LogP) is 3.12. The molecule has 3 N–H and O–H groups in total. The topological polar surface area (TPSA) is 118 Å². The molecular formula is C21H25N9. The summed E-state index contributed by atoms with van der Waals surface area (Å²) in [5.74, 6) is 2.16. The quantitative estimate of drug-likeness (QED) is 0.574. The lowest BCUT2D eigenvalue weighted by Crippen LogP contribution is -2.47. The van der Waals surface area contributed by atoms with Crippen LogP contribution in [0.4, 0.5) is 17.5 Å². The monoisotopic (exact) mass is 403 g/mol. The van der Waals surface area contributed by atoms with E-state index in [0.717, 1.165) is 47.7 Å². The zero-order valence-electron chi connectivity index (χ0n) is 17.0. The third kappa shape index (κ3) is 3.66. The highest BCUT2D eigenvalue weighted by atomic mass is 15.2. The highest BCUT2D eigenvalue weighted by molar-refractivity contribution is 5.88. The molecule has 5 rings (SSSR count). The van der Waals surface area contributed by atoms with Crippen LogP contribution in [0.1, 0.15) is 37.8 Å². The maximum Gasteiger partial charge on any atom is 0.156 e. The number of aromatic nitrogens is 5. The molecule has 2 bridgehead atoms. The van der Waals surface area contributed by atoms with E-state index in [2.05, 4.69) is 41.8 Å². The number of fused-ring (bicyclic) bond motifs is 3. The zero-order valence-corrected chi connectivity index (χ0v) is 17.0. The first-order valence-corrected chi connectivity index (χ1v) is 10.5. The molecule has 3 atom stereocenters.